The van der Waals surface area contributed by atoms with E-state index in [0.717, 1.165) is 24.9 Å². The molecule has 0 radical (unpaired) electrons. The Morgan fingerprint density at radius 1 is 1.41 bits per heavy atom. The molecule has 1 aromatic heterocycles. The SMILES string of the molecule is O=[N+]([O-])c1cccc(CCCn2ccnc2)c1. The molecule has 0 spiro atoms. The van der Waals surface area contributed by atoms with Crippen LogP contribution < -0.4 is 0 Å². The number of nitro benzene ring substituents is 1. The summed E-state index contributed by atoms with van der Waals surface area (Å²) in [4.78, 5) is 14.2. The van der Waals surface area contributed by atoms with Crippen molar-refractivity contribution in [2.45, 2.75) is 19.4 Å². The normalized spacial score (nSPS) is 10.4. The van der Waals surface area contributed by atoms with Crippen molar-refractivity contribution < 1.29 is 4.92 Å². The van der Waals surface area contributed by atoms with E-state index in [1.165, 1.54) is 6.07 Å². The summed E-state index contributed by atoms with van der Waals surface area (Å²) in [5.41, 5.74) is 1.16. The topological polar surface area (TPSA) is 61.0 Å². The van der Waals surface area contributed by atoms with Crippen molar-refractivity contribution in [3.8, 4) is 0 Å². The van der Waals surface area contributed by atoms with E-state index >= 15 is 0 Å². The van der Waals surface area contributed by atoms with Gasteiger partial charge < -0.3 is 4.57 Å². The van der Waals surface area contributed by atoms with E-state index in [9.17, 15) is 10.1 Å². The lowest BCUT2D eigenvalue weighted by atomic mass is 10.1. The molecule has 5 nitrogen and oxygen atoms in total. The highest BCUT2D eigenvalue weighted by Crippen LogP contribution is 2.14. The van der Waals surface area contributed by atoms with Crippen LogP contribution in [0.3, 0.4) is 0 Å². The molecule has 0 N–H and O–H groups in total. The van der Waals surface area contributed by atoms with Crippen LogP contribution in [0, 0.1) is 10.1 Å². The first kappa shape index (κ1) is 11.3. The molecule has 0 bridgehead atoms. The molecule has 0 unspecified atom stereocenters. The standard InChI is InChI=1S/C12H13N3O2/c16-15(17)12-5-1-3-11(9-12)4-2-7-14-8-6-13-10-14/h1,3,5-6,8-10H,2,4,7H2. The first-order valence-corrected chi connectivity index (χ1v) is 5.45. The predicted molar refractivity (Wildman–Crippen MR) is 63.6 cm³/mol. The Hall–Kier alpha value is -2.17. The Kier molecular flexibility index (Phi) is 3.49. The molecule has 0 atom stereocenters. The molecular formula is C12H13N3O2. The molecule has 1 heterocycles. The largest absolute Gasteiger partial charge is 0.337 e. The van der Waals surface area contributed by atoms with Crippen LogP contribution in [0.5, 0.6) is 0 Å². The average Bonchev–Trinajstić information content (AvgIpc) is 2.82. The zero-order chi connectivity index (χ0) is 12.1. The molecular weight excluding hydrogens is 218 g/mol. The Morgan fingerprint density at radius 3 is 3.00 bits per heavy atom. The van der Waals surface area contributed by atoms with Crippen molar-refractivity contribution in [1.29, 1.82) is 0 Å². The molecule has 0 saturated heterocycles. The number of imidazole rings is 1. The number of benzene rings is 1. The van der Waals surface area contributed by atoms with Gasteiger partial charge in [-0.3, -0.25) is 10.1 Å². The van der Waals surface area contributed by atoms with Gasteiger partial charge in [0.25, 0.3) is 5.69 Å². The van der Waals surface area contributed by atoms with Gasteiger partial charge in [0.15, 0.2) is 0 Å². The van der Waals surface area contributed by atoms with Crippen LogP contribution >= 0.6 is 0 Å². The van der Waals surface area contributed by atoms with Gasteiger partial charge in [-0.25, -0.2) is 4.98 Å². The van der Waals surface area contributed by atoms with Gasteiger partial charge in [0.1, 0.15) is 0 Å². The summed E-state index contributed by atoms with van der Waals surface area (Å²) in [7, 11) is 0. The molecule has 88 valence electrons. The molecule has 5 heteroatoms. The number of nitro groups is 1. The number of aromatic nitrogens is 2. The van der Waals surface area contributed by atoms with Crippen LogP contribution in [0.1, 0.15) is 12.0 Å². The van der Waals surface area contributed by atoms with Crippen LogP contribution in [0.4, 0.5) is 5.69 Å². The zero-order valence-electron chi connectivity index (χ0n) is 9.32. The van der Waals surface area contributed by atoms with Gasteiger partial charge >= 0.3 is 0 Å². The van der Waals surface area contributed by atoms with Crippen molar-refractivity contribution in [2.24, 2.45) is 0 Å². The fourth-order valence-corrected chi connectivity index (χ4v) is 1.71. The second kappa shape index (κ2) is 5.25. The van der Waals surface area contributed by atoms with Crippen molar-refractivity contribution >= 4 is 5.69 Å². The van der Waals surface area contributed by atoms with E-state index in [0.29, 0.717) is 0 Å². The molecule has 0 aliphatic rings. The van der Waals surface area contributed by atoms with Crippen LogP contribution in [0.25, 0.3) is 0 Å². The molecule has 17 heavy (non-hydrogen) atoms. The Balaban J connectivity index is 1.90. The van der Waals surface area contributed by atoms with E-state index in [1.54, 1.807) is 24.7 Å². The lowest BCUT2D eigenvalue weighted by molar-refractivity contribution is -0.384. The fourth-order valence-electron chi connectivity index (χ4n) is 1.71. The molecule has 1 aromatic carbocycles. The predicted octanol–water partition coefficient (Wildman–Crippen LogP) is 2.42. The lowest BCUT2D eigenvalue weighted by Gasteiger charge is -2.02. The number of aryl methyl sites for hydroxylation is 2. The number of rotatable bonds is 5. The third-order valence-electron chi connectivity index (χ3n) is 2.56. The van der Waals surface area contributed by atoms with Crippen LogP contribution in [-0.4, -0.2) is 14.5 Å². The molecule has 2 aromatic rings. The van der Waals surface area contributed by atoms with Crippen LogP contribution in [0.15, 0.2) is 43.0 Å². The van der Waals surface area contributed by atoms with Crippen molar-refractivity contribution in [1.82, 2.24) is 9.55 Å². The summed E-state index contributed by atoms with van der Waals surface area (Å²) in [6, 6.07) is 6.79. The highest BCUT2D eigenvalue weighted by molar-refractivity contribution is 5.34. The van der Waals surface area contributed by atoms with Gasteiger partial charge in [-0.2, -0.15) is 0 Å². The monoisotopic (exact) mass is 231 g/mol. The Labute approximate surface area is 98.9 Å². The summed E-state index contributed by atoms with van der Waals surface area (Å²) in [5, 5.41) is 10.6. The van der Waals surface area contributed by atoms with Crippen molar-refractivity contribution in [3.05, 3.63) is 58.7 Å². The number of hydrogen-bond acceptors (Lipinski definition) is 3. The number of non-ortho nitro benzene ring substituents is 1. The minimum atomic E-state index is -0.362. The lowest BCUT2D eigenvalue weighted by Crippen LogP contribution is -1.97. The molecule has 0 aliphatic heterocycles. The van der Waals surface area contributed by atoms with E-state index in [1.807, 2.05) is 16.8 Å². The van der Waals surface area contributed by atoms with Gasteiger partial charge in [-0.15, -0.1) is 0 Å². The van der Waals surface area contributed by atoms with E-state index in [2.05, 4.69) is 4.98 Å². The highest BCUT2D eigenvalue weighted by atomic mass is 16.6. The van der Waals surface area contributed by atoms with Gasteiger partial charge in [0.05, 0.1) is 11.3 Å². The summed E-state index contributed by atoms with van der Waals surface area (Å²) in [6.07, 6.45) is 7.20. The maximum Gasteiger partial charge on any atom is 0.269 e. The molecule has 0 aliphatic carbocycles. The van der Waals surface area contributed by atoms with E-state index < -0.39 is 0 Å². The quantitative estimate of drug-likeness (QED) is 0.586. The van der Waals surface area contributed by atoms with Crippen LogP contribution in [0.2, 0.25) is 0 Å². The molecule has 0 saturated carbocycles. The van der Waals surface area contributed by atoms with Gasteiger partial charge in [-0.05, 0) is 18.4 Å². The maximum absolute atomic E-state index is 10.6. The summed E-state index contributed by atoms with van der Waals surface area (Å²) >= 11 is 0. The second-order valence-corrected chi connectivity index (χ2v) is 3.83. The highest BCUT2D eigenvalue weighted by Gasteiger charge is 2.05. The zero-order valence-corrected chi connectivity index (χ0v) is 9.32. The summed E-state index contributed by atoms with van der Waals surface area (Å²) in [6.45, 7) is 0.878. The third-order valence-corrected chi connectivity index (χ3v) is 2.56. The molecule has 2 rings (SSSR count). The number of nitrogens with zero attached hydrogens (tertiary/aromatic N) is 3. The van der Waals surface area contributed by atoms with Crippen LogP contribution in [-0.2, 0) is 13.0 Å². The average molecular weight is 231 g/mol. The van der Waals surface area contributed by atoms with Crippen molar-refractivity contribution in [2.75, 3.05) is 0 Å². The van der Waals surface area contributed by atoms with Gasteiger partial charge in [0.2, 0.25) is 0 Å². The Bertz CT molecular complexity index is 494. The molecule has 0 fully saturated rings. The van der Waals surface area contributed by atoms with Crippen molar-refractivity contribution in [3.63, 3.8) is 0 Å². The third kappa shape index (κ3) is 3.14. The minimum absolute atomic E-state index is 0.158. The van der Waals surface area contributed by atoms with Gasteiger partial charge in [-0.1, -0.05) is 12.1 Å². The first-order chi connectivity index (χ1) is 8.25. The second-order valence-electron chi connectivity index (χ2n) is 3.83. The summed E-state index contributed by atoms with van der Waals surface area (Å²) in [5.74, 6) is 0. The number of hydrogen-bond donors (Lipinski definition) is 0. The minimum Gasteiger partial charge on any atom is -0.337 e. The fraction of sp³-hybridized carbons (Fsp3) is 0.250. The molecule has 0 amide bonds. The Morgan fingerprint density at radius 2 is 2.29 bits per heavy atom. The first-order valence-electron chi connectivity index (χ1n) is 5.45. The maximum atomic E-state index is 10.6. The summed E-state index contributed by atoms with van der Waals surface area (Å²) < 4.78 is 2.00. The van der Waals surface area contributed by atoms with E-state index in [4.69, 9.17) is 0 Å². The van der Waals surface area contributed by atoms with Gasteiger partial charge in [0, 0.05) is 31.1 Å². The van der Waals surface area contributed by atoms with E-state index in [-0.39, 0.29) is 10.6 Å². The smallest absolute Gasteiger partial charge is 0.269 e.